The van der Waals surface area contributed by atoms with Gasteiger partial charge in [0.25, 0.3) is 5.69 Å². The van der Waals surface area contributed by atoms with Gasteiger partial charge in [-0.15, -0.1) is 0 Å². The maximum atomic E-state index is 12.9. The van der Waals surface area contributed by atoms with E-state index in [1.54, 1.807) is 24.3 Å². The highest BCUT2D eigenvalue weighted by Gasteiger charge is 2.34. The van der Waals surface area contributed by atoms with E-state index in [-0.39, 0.29) is 23.7 Å². The lowest BCUT2D eigenvalue weighted by Gasteiger charge is -2.30. The number of nitro groups is 1. The van der Waals surface area contributed by atoms with E-state index in [2.05, 4.69) is 0 Å². The number of benzene rings is 2. The molecule has 9 heteroatoms. The Morgan fingerprint density at radius 2 is 1.96 bits per heavy atom. The SMILES string of the molecule is O=C(O)/C=C1\CN(Cc2cccc([N+](=O)[O-])c2)S(=O)(=O)c2ccccc21. The Morgan fingerprint density at radius 1 is 1.23 bits per heavy atom. The summed E-state index contributed by atoms with van der Waals surface area (Å²) in [5.74, 6) is -1.18. The summed E-state index contributed by atoms with van der Waals surface area (Å²) in [6, 6.07) is 11.9. The molecule has 134 valence electrons. The normalized spacial score (nSPS) is 17.6. The quantitative estimate of drug-likeness (QED) is 0.498. The molecule has 26 heavy (non-hydrogen) atoms. The summed E-state index contributed by atoms with van der Waals surface area (Å²) in [4.78, 5) is 21.5. The van der Waals surface area contributed by atoms with E-state index in [0.29, 0.717) is 16.7 Å². The Labute approximate surface area is 149 Å². The molecule has 0 bridgehead atoms. The maximum absolute atomic E-state index is 12.9. The molecule has 0 unspecified atom stereocenters. The van der Waals surface area contributed by atoms with Crippen molar-refractivity contribution in [2.24, 2.45) is 0 Å². The second-order valence-electron chi connectivity index (χ2n) is 5.70. The van der Waals surface area contributed by atoms with Crippen LogP contribution < -0.4 is 0 Å². The van der Waals surface area contributed by atoms with Gasteiger partial charge in [0, 0.05) is 31.3 Å². The number of rotatable bonds is 4. The third kappa shape index (κ3) is 3.35. The number of aliphatic carboxylic acids is 1. The molecule has 1 heterocycles. The summed E-state index contributed by atoms with van der Waals surface area (Å²) in [5, 5.41) is 20.0. The molecule has 2 aromatic carbocycles. The van der Waals surface area contributed by atoms with E-state index in [1.165, 1.54) is 24.3 Å². The van der Waals surface area contributed by atoms with Crippen molar-refractivity contribution in [3.05, 3.63) is 75.8 Å². The van der Waals surface area contributed by atoms with Crippen LogP contribution in [0, 0.1) is 10.1 Å². The van der Waals surface area contributed by atoms with Gasteiger partial charge in [0.1, 0.15) is 0 Å². The smallest absolute Gasteiger partial charge is 0.328 e. The number of carboxylic acid groups (broad SMARTS) is 1. The Morgan fingerprint density at radius 3 is 2.65 bits per heavy atom. The zero-order chi connectivity index (χ0) is 18.9. The predicted molar refractivity (Wildman–Crippen MR) is 92.7 cm³/mol. The van der Waals surface area contributed by atoms with Gasteiger partial charge < -0.3 is 5.11 Å². The number of fused-ring (bicyclic) bond motifs is 1. The molecule has 0 aliphatic carbocycles. The van der Waals surface area contributed by atoms with Crippen LogP contribution in [0.25, 0.3) is 5.57 Å². The Bertz CT molecular complexity index is 1030. The van der Waals surface area contributed by atoms with Crippen LogP contribution in [0.5, 0.6) is 0 Å². The van der Waals surface area contributed by atoms with Crippen molar-refractivity contribution < 1.29 is 23.2 Å². The Balaban J connectivity index is 2.04. The number of sulfonamides is 1. The zero-order valence-electron chi connectivity index (χ0n) is 13.4. The van der Waals surface area contributed by atoms with Crippen molar-refractivity contribution in [3.63, 3.8) is 0 Å². The topological polar surface area (TPSA) is 118 Å². The molecule has 1 aliphatic rings. The number of nitro benzene ring substituents is 1. The molecule has 0 spiro atoms. The molecule has 0 radical (unpaired) electrons. The predicted octanol–water partition coefficient (Wildman–Crippen LogP) is 2.27. The molecular formula is C17H14N2O6S. The van der Waals surface area contributed by atoms with Crippen LogP contribution in [0.3, 0.4) is 0 Å². The third-order valence-corrected chi connectivity index (χ3v) is 5.83. The van der Waals surface area contributed by atoms with E-state index >= 15 is 0 Å². The van der Waals surface area contributed by atoms with E-state index in [1.807, 2.05) is 0 Å². The Hall–Kier alpha value is -3.04. The summed E-state index contributed by atoms with van der Waals surface area (Å²) in [6.45, 7) is -0.232. The molecule has 1 N–H and O–H groups in total. The zero-order valence-corrected chi connectivity index (χ0v) is 14.2. The first-order valence-electron chi connectivity index (χ1n) is 7.55. The molecule has 3 rings (SSSR count). The minimum absolute atomic E-state index is 0.0178. The first-order valence-corrected chi connectivity index (χ1v) is 8.99. The fourth-order valence-corrected chi connectivity index (χ4v) is 4.48. The molecule has 0 atom stereocenters. The maximum Gasteiger partial charge on any atom is 0.328 e. The van der Waals surface area contributed by atoms with Gasteiger partial charge in [0.15, 0.2) is 0 Å². The number of carboxylic acids is 1. The minimum Gasteiger partial charge on any atom is -0.478 e. The van der Waals surface area contributed by atoms with E-state index in [9.17, 15) is 23.3 Å². The highest BCUT2D eigenvalue weighted by atomic mass is 32.2. The minimum atomic E-state index is -3.85. The van der Waals surface area contributed by atoms with Gasteiger partial charge in [-0.2, -0.15) is 4.31 Å². The van der Waals surface area contributed by atoms with Crippen LogP contribution >= 0.6 is 0 Å². The average Bonchev–Trinajstić information content (AvgIpc) is 2.59. The third-order valence-electron chi connectivity index (χ3n) is 3.98. The van der Waals surface area contributed by atoms with Crippen molar-refractivity contribution in [2.75, 3.05) is 6.54 Å². The molecule has 0 amide bonds. The van der Waals surface area contributed by atoms with Crippen LogP contribution in [0.1, 0.15) is 11.1 Å². The fraction of sp³-hybridized carbons (Fsp3) is 0.118. The fourth-order valence-electron chi connectivity index (χ4n) is 2.84. The van der Waals surface area contributed by atoms with Gasteiger partial charge in [-0.1, -0.05) is 30.3 Å². The highest BCUT2D eigenvalue weighted by Crippen LogP contribution is 2.34. The summed E-state index contributed by atoms with van der Waals surface area (Å²) in [7, 11) is -3.85. The van der Waals surface area contributed by atoms with Crippen molar-refractivity contribution in [1.82, 2.24) is 4.31 Å². The number of nitrogens with zero attached hydrogens (tertiary/aromatic N) is 2. The van der Waals surface area contributed by atoms with Gasteiger partial charge in [-0.05, 0) is 22.8 Å². The van der Waals surface area contributed by atoms with Gasteiger partial charge in [-0.3, -0.25) is 10.1 Å². The van der Waals surface area contributed by atoms with Crippen molar-refractivity contribution in [1.29, 1.82) is 0 Å². The largest absolute Gasteiger partial charge is 0.478 e. The number of non-ortho nitro benzene ring substituents is 1. The second kappa shape index (κ2) is 6.70. The molecule has 0 saturated heterocycles. The highest BCUT2D eigenvalue weighted by molar-refractivity contribution is 7.89. The van der Waals surface area contributed by atoms with E-state index < -0.39 is 20.9 Å². The summed E-state index contributed by atoms with van der Waals surface area (Å²) in [5.41, 5.74) is 1.01. The van der Waals surface area contributed by atoms with Gasteiger partial charge >= 0.3 is 5.97 Å². The Kier molecular flexibility index (Phi) is 4.58. The molecular weight excluding hydrogens is 360 g/mol. The standard InChI is InChI=1S/C17H14N2O6S/c20-17(21)9-13-11-18(10-12-4-3-5-14(8-12)19(22)23)26(24,25)16-7-2-1-6-15(13)16/h1-9H,10-11H2,(H,20,21)/b13-9+. The van der Waals surface area contributed by atoms with Crippen molar-refractivity contribution in [3.8, 4) is 0 Å². The monoisotopic (exact) mass is 374 g/mol. The second-order valence-corrected chi connectivity index (χ2v) is 7.61. The number of hydrogen-bond donors (Lipinski definition) is 1. The van der Waals surface area contributed by atoms with E-state index in [4.69, 9.17) is 5.11 Å². The molecule has 0 fully saturated rings. The average molecular weight is 374 g/mol. The van der Waals surface area contributed by atoms with Crippen LogP contribution in [-0.2, 0) is 21.4 Å². The van der Waals surface area contributed by atoms with Crippen LogP contribution in [0.4, 0.5) is 5.69 Å². The van der Waals surface area contributed by atoms with Gasteiger partial charge in [0.2, 0.25) is 10.0 Å². The molecule has 8 nitrogen and oxygen atoms in total. The summed E-state index contributed by atoms with van der Waals surface area (Å²) >= 11 is 0. The molecule has 2 aromatic rings. The number of hydrogen-bond acceptors (Lipinski definition) is 5. The first-order chi connectivity index (χ1) is 12.3. The van der Waals surface area contributed by atoms with Crippen molar-refractivity contribution in [2.45, 2.75) is 11.4 Å². The lowest BCUT2D eigenvalue weighted by atomic mass is 10.0. The van der Waals surface area contributed by atoms with Crippen molar-refractivity contribution >= 4 is 27.3 Å². The lowest BCUT2D eigenvalue weighted by Crippen LogP contribution is -2.36. The van der Waals surface area contributed by atoms with E-state index in [0.717, 1.165) is 10.4 Å². The first kappa shape index (κ1) is 17.8. The molecule has 0 saturated carbocycles. The lowest BCUT2D eigenvalue weighted by molar-refractivity contribution is -0.384. The van der Waals surface area contributed by atoms with Gasteiger partial charge in [0.05, 0.1) is 9.82 Å². The number of carbonyl (C=O) groups is 1. The van der Waals surface area contributed by atoms with Gasteiger partial charge in [-0.25, -0.2) is 13.2 Å². The van der Waals surface area contributed by atoms with Crippen LogP contribution in [0.15, 0.2) is 59.5 Å². The summed E-state index contributed by atoms with van der Waals surface area (Å²) in [6.07, 6.45) is 0.980. The molecule has 0 aromatic heterocycles. The molecule has 1 aliphatic heterocycles. The summed E-state index contributed by atoms with van der Waals surface area (Å²) < 4.78 is 26.9. The van der Waals surface area contributed by atoms with Crippen LogP contribution in [-0.4, -0.2) is 35.3 Å². The van der Waals surface area contributed by atoms with Crippen LogP contribution in [0.2, 0.25) is 0 Å².